The number of alkyl halides is 2. The molecule has 0 aromatic carbocycles. The number of halogens is 2. The van der Waals surface area contributed by atoms with Crippen molar-refractivity contribution in [2.45, 2.75) is 25.3 Å². The van der Waals surface area contributed by atoms with Crippen LogP contribution in [0.5, 0.6) is 0 Å². The molecule has 94 valence electrons. The minimum absolute atomic E-state index is 0.0305. The van der Waals surface area contributed by atoms with Crippen molar-refractivity contribution in [1.29, 1.82) is 0 Å². The molecule has 16 heavy (non-hydrogen) atoms. The lowest BCUT2D eigenvalue weighted by molar-refractivity contribution is -0.138. The predicted molar refractivity (Wildman–Crippen MR) is 55.7 cm³/mol. The molecule has 0 aliphatic carbocycles. The van der Waals surface area contributed by atoms with E-state index in [-0.39, 0.29) is 24.9 Å². The van der Waals surface area contributed by atoms with Crippen molar-refractivity contribution >= 4 is 5.97 Å². The summed E-state index contributed by atoms with van der Waals surface area (Å²) in [6, 6.07) is -0.0305. The Balaban J connectivity index is 2.38. The number of piperidine rings is 1. The molecule has 1 saturated heterocycles. The average Bonchev–Trinajstić information content (AvgIpc) is 2.12. The van der Waals surface area contributed by atoms with Gasteiger partial charge in [-0.2, -0.15) is 0 Å². The SMILES string of the molecule is CN1CC(CC(=O)O)CC(NCC(F)F)C1. The normalized spacial score (nSPS) is 27.2. The van der Waals surface area contributed by atoms with Gasteiger partial charge >= 0.3 is 5.97 Å². The van der Waals surface area contributed by atoms with Gasteiger partial charge in [-0.1, -0.05) is 0 Å². The Morgan fingerprint density at radius 1 is 1.56 bits per heavy atom. The zero-order valence-corrected chi connectivity index (χ0v) is 9.33. The molecule has 0 spiro atoms. The van der Waals surface area contributed by atoms with E-state index >= 15 is 0 Å². The van der Waals surface area contributed by atoms with E-state index in [1.54, 1.807) is 0 Å². The molecular weight excluding hydrogens is 218 g/mol. The number of rotatable bonds is 5. The third-order valence-electron chi connectivity index (χ3n) is 2.74. The smallest absolute Gasteiger partial charge is 0.303 e. The van der Waals surface area contributed by atoms with Gasteiger partial charge in [0.15, 0.2) is 0 Å². The standard InChI is InChI=1S/C10H18F2N2O2/c1-14-5-7(3-10(15)16)2-8(6-14)13-4-9(11)12/h7-9,13H,2-6H2,1H3,(H,15,16). The molecule has 0 amide bonds. The summed E-state index contributed by atoms with van der Waals surface area (Å²) in [5, 5.41) is 11.5. The van der Waals surface area contributed by atoms with E-state index in [2.05, 4.69) is 5.32 Å². The number of nitrogens with one attached hydrogen (secondary N) is 1. The van der Waals surface area contributed by atoms with Crippen LogP contribution in [0.2, 0.25) is 0 Å². The number of hydrogen-bond donors (Lipinski definition) is 2. The van der Waals surface area contributed by atoms with Crippen LogP contribution in [-0.4, -0.2) is 55.1 Å². The van der Waals surface area contributed by atoms with Gasteiger partial charge in [-0.05, 0) is 19.4 Å². The second-order valence-corrected chi connectivity index (χ2v) is 4.42. The molecule has 6 heteroatoms. The first kappa shape index (κ1) is 13.3. The van der Waals surface area contributed by atoms with Crippen LogP contribution in [0.15, 0.2) is 0 Å². The molecule has 1 heterocycles. The number of hydrogen-bond acceptors (Lipinski definition) is 3. The van der Waals surface area contributed by atoms with Crippen LogP contribution in [0.4, 0.5) is 8.78 Å². The van der Waals surface area contributed by atoms with E-state index in [1.807, 2.05) is 11.9 Å². The molecule has 2 atom stereocenters. The average molecular weight is 236 g/mol. The number of carboxylic acids is 1. The summed E-state index contributed by atoms with van der Waals surface area (Å²) in [5.74, 6) is -0.778. The van der Waals surface area contributed by atoms with Crippen molar-refractivity contribution in [1.82, 2.24) is 10.2 Å². The van der Waals surface area contributed by atoms with Crippen LogP contribution in [-0.2, 0) is 4.79 Å². The maximum Gasteiger partial charge on any atom is 0.303 e. The Kier molecular flexibility index (Phi) is 5.08. The van der Waals surface area contributed by atoms with Gasteiger partial charge in [0.1, 0.15) is 0 Å². The van der Waals surface area contributed by atoms with E-state index < -0.39 is 12.4 Å². The summed E-state index contributed by atoms with van der Waals surface area (Å²) >= 11 is 0. The molecule has 2 N–H and O–H groups in total. The number of carbonyl (C=O) groups is 1. The molecule has 0 saturated carbocycles. The van der Waals surface area contributed by atoms with E-state index in [0.29, 0.717) is 13.0 Å². The van der Waals surface area contributed by atoms with E-state index in [4.69, 9.17) is 5.11 Å². The van der Waals surface area contributed by atoms with E-state index in [0.717, 1.165) is 6.54 Å². The molecule has 1 fully saturated rings. The first-order valence-corrected chi connectivity index (χ1v) is 5.39. The maximum absolute atomic E-state index is 12.0. The first-order valence-electron chi connectivity index (χ1n) is 5.39. The number of likely N-dealkylation sites (N-methyl/N-ethyl adjacent to an activating group) is 1. The van der Waals surface area contributed by atoms with Gasteiger partial charge in [-0.3, -0.25) is 4.79 Å². The van der Waals surface area contributed by atoms with Gasteiger partial charge in [0.25, 0.3) is 6.43 Å². The molecule has 0 aromatic rings. The Morgan fingerprint density at radius 3 is 2.81 bits per heavy atom. The number of carboxylic acid groups (broad SMARTS) is 1. The van der Waals surface area contributed by atoms with Crippen molar-refractivity contribution in [3.05, 3.63) is 0 Å². The van der Waals surface area contributed by atoms with Crippen LogP contribution >= 0.6 is 0 Å². The van der Waals surface area contributed by atoms with Gasteiger partial charge in [0, 0.05) is 25.6 Å². The summed E-state index contributed by atoms with van der Waals surface area (Å²) in [6.45, 7) is 1.10. The molecule has 0 radical (unpaired) electrons. The van der Waals surface area contributed by atoms with Crippen LogP contribution in [0.1, 0.15) is 12.8 Å². The second-order valence-electron chi connectivity index (χ2n) is 4.42. The number of aliphatic carboxylic acids is 1. The minimum Gasteiger partial charge on any atom is -0.481 e. The molecule has 0 aromatic heterocycles. The molecular formula is C10H18F2N2O2. The summed E-state index contributed by atoms with van der Waals surface area (Å²) in [4.78, 5) is 12.6. The van der Waals surface area contributed by atoms with Crippen molar-refractivity contribution in [3.8, 4) is 0 Å². The Bertz CT molecular complexity index is 239. The van der Waals surface area contributed by atoms with Gasteiger partial charge in [0.05, 0.1) is 6.54 Å². The van der Waals surface area contributed by atoms with Crippen molar-refractivity contribution < 1.29 is 18.7 Å². The number of nitrogens with zero attached hydrogens (tertiary/aromatic N) is 1. The lowest BCUT2D eigenvalue weighted by atomic mass is 9.92. The molecule has 1 aliphatic heterocycles. The highest BCUT2D eigenvalue weighted by Gasteiger charge is 2.26. The zero-order chi connectivity index (χ0) is 12.1. The lowest BCUT2D eigenvalue weighted by Crippen LogP contribution is -2.49. The maximum atomic E-state index is 12.0. The van der Waals surface area contributed by atoms with Gasteiger partial charge in [-0.15, -0.1) is 0 Å². The van der Waals surface area contributed by atoms with Crippen LogP contribution in [0.3, 0.4) is 0 Å². The third-order valence-corrected chi connectivity index (χ3v) is 2.74. The fourth-order valence-corrected chi connectivity index (χ4v) is 2.24. The Hall–Kier alpha value is -0.750. The summed E-state index contributed by atoms with van der Waals surface area (Å²) in [5.41, 5.74) is 0. The predicted octanol–water partition coefficient (Wildman–Crippen LogP) is 0.636. The van der Waals surface area contributed by atoms with Gasteiger partial charge in [0.2, 0.25) is 0 Å². The fourth-order valence-electron chi connectivity index (χ4n) is 2.24. The second kappa shape index (κ2) is 6.10. The highest BCUT2D eigenvalue weighted by atomic mass is 19.3. The molecule has 1 rings (SSSR count). The van der Waals surface area contributed by atoms with E-state index in [9.17, 15) is 13.6 Å². The lowest BCUT2D eigenvalue weighted by Gasteiger charge is -2.35. The monoisotopic (exact) mass is 236 g/mol. The highest BCUT2D eigenvalue weighted by Crippen LogP contribution is 2.19. The topological polar surface area (TPSA) is 52.6 Å². The Labute approximate surface area is 93.6 Å². The quantitative estimate of drug-likeness (QED) is 0.735. The van der Waals surface area contributed by atoms with Crippen molar-refractivity contribution in [2.75, 3.05) is 26.7 Å². The van der Waals surface area contributed by atoms with Gasteiger partial charge < -0.3 is 15.3 Å². The zero-order valence-electron chi connectivity index (χ0n) is 9.33. The van der Waals surface area contributed by atoms with Crippen LogP contribution in [0, 0.1) is 5.92 Å². The van der Waals surface area contributed by atoms with Crippen molar-refractivity contribution in [3.63, 3.8) is 0 Å². The largest absolute Gasteiger partial charge is 0.481 e. The Morgan fingerprint density at radius 2 is 2.25 bits per heavy atom. The molecule has 0 bridgehead atoms. The van der Waals surface area contributed by atoms with Crippen molar-refractivity contribution in [2.24, 2.45) is 5.92 Å². The summed E-state index contributed by atoms with van der Waals surface area (Å²) in [6.07, 6.45) is -1.59. The molecule has 4 nitrogen and oxygen atoms in total. The van der Waals surface area contributed by atoms with Crippen LogP contribution < -0.4 is 5.32 Å². The van der Waals surface area contributed by atoms with Crippen LogP contribution in [0.25, 0.3) is 0 Å². The fraction of sp³-hybridized carbons (Fsp3) is 0.900. The minimum atomic E-state index is -2.36. The van der Waals surface area contributed by atoms with E-state index in [1.165, 1.54) is 0 Å². The summed E-state index contributed by atoms with van der Waals surface area (Å²) < 4.78 is 24.0. The molecule has 2 unspecified atom stereocenters. The molecule has 1 aliphatic rings. The first-order chi connectivity index (χ1) is 7.47. The third kappa shape index (κ3) is 4.85. The highest BCUT2D eigenvalue weighted by molar-refractivity contribution is 5.67. The van der Waals surface area contributed by atoms with Gasteiger partial charge in [-0.25, -0.2) is 8.78 Å². The summed E-state index contributed by atoms with van der Waals surface area (Å²) in [7, 11) is 1.88. The number of likely N-dealkylation sites (tertiary alicyclic amines) is 1.